The summed E-state index contributed by atoms with van der Waals surface area (Å²) in [7, 11) is 0. The molecule has 0 aliphatic heterocycles. The first-order chi connectivity index (χ1) is 19.5. The molecule has 0 radical (unpaired) electrons. The Morgan fingerprint density at radius 3 is 1.62 bits per heavy atom. The molecule has 40 heavy (non-hydrogen) atoms. The Bertz CT molecular complexity index is 785. The van der Waals surface area contributed by atoms with Gasteiger partial charge in [0, 0.05) is 51.4 Å². The Kier molecular flexibility index (Phi) is 27.9. The number of ketones is 4. The van der Waals surface area contributed by atoms with Crippen LogP contribution in [0.4, 0.5) is 0 Å². The minimum atomic E-state index is 0.141. The number of unbranched alkanes of at least 4 members (excludes halogenated alkanes) is 9. The lowest BCUT2D eigenvalue weighted by atomic mass is 10.0. The van der Waals surface area contributed by atoms with Crippen LogP contribution in [0, 0.1) is 0 Å². The number of rotatable bonds is 29. The van der Waals surface area contributed by atoms with Crippen LogP contribution in [0.3, 0.4) is 0 Å². The number of carbonyl (C=O) groups excluding carboxylic acids is 4. The molecule has 0 rings (SSSR count). The zero-order chi connectivity index (χ0) is 29.5. The van der Waals surface area contributed by atoms with Gasteiger partial charge in [-0.25, -0.2) is 0 Å². The van der Waals surface area contributed by atoms with Crippen molar-refractivity contribution in [3.05, 3.63) is 48.6 Å². The normalized spacial score (nSPS) is 11.9. The van der Waals surface area contributed by atoms with Gasteiger partial charge >= 0.3 is 0 Å². The van der Waals surface area contributed by atoms with Crippen LogP contribution in [-0.4, -0.2) is 23.1 Å². The van der Waals surface area contributed by atoms with Gasteiger partial charge in [0.2, 0.25) is 0 Å². The molecule has 0 unspecified atom stereocenters. The molecule has 0 bridgehead atoms. The maximum atomic E-state index is 12.0. The van der Waals surface area contributed by atoms with Crippen LogP contribution in [0.1, 0.15) is 155 Å². The van der Waals surface area contributed by atoms with Crippen molar-refractivity contribution in [3.8, 4) is 0 Å². The van der Waals surface area contributed by atoms with Crippen molar-refractivity contribution in [1.29, 1.82) is 0 Å². The van der Waals surface area contributed by atoms with E-state index in [0.29, 0.717) is 64.2 Å². The largest absolute Gasteiger partial charge is 0.300 e. The molecular formula is C36H58O4. The van der Waals surface area contributed by atoms with Crippen LogP contribution in [0.2, 0.25) is 0 Å². The Balaban J connectivity index is 3.64. The van der Waals surface area contributed by atoms with Crippen molar-refractivity contribution in [2.45, 2.75) is 155 Å². The molecular weight excluding hydrogens is 496 g/mol. The molecule has 226 valence electrons. The minimum Gasteiger partial charge on any atom is -0.300 e. The molecule has 0 N–H and O–H groups in total. The molecule has 4 heteroatoms. The van der Waals surface area contributed by atoms with Gasteiger partial charge in [-0.3, -0.25) is 19.2 Å². The number of allylic oxidation sites excluding steroid dienone is 8. The molecule has 0 fully saturated rings. The van der Waals surface area contributed by atoms with Crippen LogP contribution in [0.15, 0.2) is 48.6 Å². The maximum absolute atomic E-state index is 12.0. The first kappa shape index (κ1) is 37.6. The monoisotopic (exact) mass is 554 g/mol. The highest BCUT2D eigenvalue weighted by molar-refractivity contribution is 5.82. The summed E-state index contributed by atoms with van der Waals surface area (Å²) in [5.74, 6) is 0.910. The van der Waals surface area contributed by atoms with E-state index in [4.69, 9.17) is 0 Å². The SMILES string of the molecule is CCCCCCCC/C=C/C=C/C=C/CCCC(=O)CC/C=C/CC(=O)CCCC(=O)CCCCCC(=O)CC. The van der Waals surface area contributed by atoms with Crippen LogP contribution >= 0.6 is 0 Å². The summed E-state index contributed by atoms with van der Waals surface area (Å²) in [6.45, 7) is 4.13. The van der Waals surface area contributed by atoms with Gasteiger partial charge in [-0.05, 0) is 51.4 Å². The Hall–Kier alpha value is -2.36. The molecule has 0 aliphatic rings. The van der Waals surface area contributed by atoms with E-state index in [0.717, 1.165) is 38.5 Å². The Morgan fingerprint density at radius 2 is 0.925 bits per heavy atom. The third kappa shape index (κ3) is 28.6. The van der Waals surface area contributed by atoms with Gasteiger partial charge in [0.1, 0.15) is 23.1 Å². The summed E-state index contributed by atoms with van der Waals surface area (Å²) in [5.41, 5.74) is 0. The van der Waals surface area contributed by atoms with Gasteiger partial charge in [0.25, 0.3) is 0 Å². The average Bonchev–Trinajstić information content (AvgIpc) is 2.94. The minimum absolute atomic E-state index is 0.141. The molecule has 0 aromatic rings. The van der Waals surface area contributed by atoms with Crippen molar-refractivity contribution >= 4 is 23.1 Å². The summed E-state index contributed by atoms with van der Waals surface area (Å²) in [5, 5.41) is 0. The van der Waals surface area contributed by atoms with E-state index in [1.54, 1.807) is 0 Å². The zero-order valence-corrected chi connectivity index (χ0v) is 25.8. The van der Waals surface area contributed by atoms with Gasteiger partial charge in [-0.1, -0.05) is 101 Å². The van der Waals surface area contributed by atoms with Gasteiger partial charge in [0.15, 0.2) is 0 Å². The quantitative estimate of drug-likeness (QED) is 0.0524. The fourth-order valence-electron chi connectivity index (χ4n) is 4.35. The number of hydrogen-bond acceptors (Lipinski definition) is 4. The van der Waals surface area contributed by atoms with Crippen molar-refractivity contribution in [1.82, 2.24) is 0 Å². The summed E-state index contributed by atoms with van der Waals surface area (Å²) in [4.78, 5) is 47.2. The van der Waals surface area contributed by atoms with E-state index >= 15 is 0 Å². The van der Waals surface area contributed by atoms with E-state index < -0.39 is 0 Å². The van der Waals surface area contributed by atoms with Crippen LogP contribution < -0.4 is 0 Å². The molecule has 0 saturated carbocycles. The molecule has 0 aromatic heterocycles. The predicted molar refractivity (Wildman–Crippen MR) is 170 cm³/mol. The Morgan fingerprint density at radius 1 is 0.400 bits per heavy atom. The lowest BCUT2D eigenvalue weighted by Crippen LogP contribution is -2.02. The summed E-state index contributed by atoms with van der Waals surface area (Å²) in [6, 6.07) is 0. The van der Waals surface area contributed by atoms with E-state index in [-0.39, 0.29) is 23.1 Å². The van der Waals surface area contributed by atoms with E-state index in [9.17, 15) is 19.2 Å². The second-order valence-electron chi connectivity index (χ2n) is 10.8. The van der Waals surface area contributed by atoms with Gasteiger partial charge < -0.3 is 0 Å². The molecule has 0 heterocycles. The molecule has 0 aromatic carbocycles. The van der Waals surface area contributed by atoms with E-state index in [2.05, 4.69) is 37.3 Å². The highest BCUT2D eigenvalue weighted by Crippen LogP contribution is 2.10. The highest BCUT2D eigenvalue weighted by Gasteiger charge is 2.06. The van der Waals surface area contributed by atoms with Crippen molar-refractivity contribution < 1.29 is 19.2 Å². The lowest BCUT2D eigenvalue weighted by Gasteiger charge is -2.01. The number of Topliss-reactive ketones (excluding diaryl/α,β-unsaturated/α-hetero) is 4. The predicted octanol–water partition coefficient (Wildman–Crippen LogP) is 10.1. The zero-order valence-electron chi connectivity index (χ0n) is 25.8. The number of hydrogen-bond donors (Lipinski definition) is 0. The third-order valence-electron chi connectivity index (χ3n) is 6.98. The lowest BCUT2D eigenvalue weighted by molar-refractivity contribution is -0.120. The standard InChI is InChI=1S/C36H58O4/c1-3-5-6-7-8-9-10-11-12-13-14-15-16-17-20-27-34(38)28-23-19-24-30-36(40)32-25-31-35(39)29-22-18-21-26-33(37)4-2/h11-16,19,24H,3-10,17-18,20-23,25-32H2,1-2H3/b12-11+,14-13+,16-15+,24-19+. The molecule has 4 nitrogen and oxygen atoms in total. The van der Waals surface area contributed by atoms with Gasteiger partial charge in [-0.2, -0.15) is 0 Å². The van der Waals surface area contributed by atoms with E-state index in [1.807, 2.05) is 25.2 Å². The molecule has 0 atom stereocenters. The summed E-state index contributed by atoms with van der Waals surface area (Å²) in [6.07, 6.45) is 35.4. The van der Waals surface area contributed by atoms with Crippen molar-refractivity contribution in [3.63, 3.8) is 0 Å². The molecule has 0 spiro atoms. The first-order valence-corrected chi connectivity index (χ1v) is 16.2. The maximum Gasteiger partial charge on any atom is 0.136 e. The third-order valence-corrected chi connectivity index (χ3v) is 6.98. The van der Waals surface area contributed by atoms with Gasteiger partial charge in [0.05, 0.1) is 0 Å². The second kappa shape index (κ2) is 29.6. The average molecular weight is 555 g/mol. The van der Waals surface area contributed by atoms with Crippen LogP contribution in [0.25, 0.3) is 0 Å². The smallest absolute Gasteiger partial charge is 0.136 e. The summed E-state index contributed by atoms with van der Waals surface area (Å²) < 4.78 is 0. The second-order valence-corrected chi connectivity index (χ2v) is 10.8. The van der Waals surface area contributed by atoms with Crippen LogP contribution in [-0.2, 0) is 19.2 Å². The summed E-state index contributed by atoms with van der Waals surface area (Å²) >= 11 is 0. The van der Waals surface area contributed by atoms with Crippen molar-refractivity contribution in [2.24, 2.45) is 0 Å². The molecule has 0 amide bonds. The number of carbonyl (C=O) groups is 4. The van der Waals surface area contributed by atoms with Crippen molar-refractivity contribution in [2.75, 3.05) is 0 Å². The highest BCUT2D eigenvalue weighted by atomic mass is 16.1. The van der Waals surface area contributed by atoms with Crippen LogP contribution in [0.5, 0.6) is 0 Å². The van der Waals surface area contributed by atoms with Gasteiger partial charge in [-0.15, -0.1) is 0 Å². The fraction of sp³-hybridized carbons (Fsp3) is 0.667. The fourth-order valence-corrected chi connectivity index (χ4v) is 4.35. The topological polar surface area (TPSA) is 68.3 Å². The Labute approximate surface area is 245 Å². The molecule has 0 saturated heterocycles. The molecule has 0 aliphatic carbocycles. The first-order valence-electron chi connectivity index (χ1n) is 16.2. The van der Waals surface area contributed by atoms with E-state index in [1.165, 1.54) is 38.5 Å².